The van der Waals surface area contributed by atoms with Crippen molar-refractivity contribution >= 4 is 29.3 Å². The van der Waals surface area contributed by atoms with Gasteiger partial charge in [-0.3, -0.25) is 28.7 Å². The lowest BCUT2D eigenvalue weighted by atomic mass is 10.0. The molecule has 0 saturated carbocycles. The molecule has 202 valence electrons. The number of carbonyl (C=O) groups excluding carboxylic acids is 3. The fourth-order valence-electron chi connectivity index (χ4n) is 4.32. The molecule has 0 aromatic carbocycles. The largest absolute Gasteiger partial charge is 0.456 e. The first kappa shape index (κ1) is 29.1. The summed E-state index contributed by atoms with van der Waals surface area (Å²) in [4.78, 5) is 67.9. The Labute approximate surface area is 212 Å². The molecule has 1 aliphatic heterocycles. The zero-order valence-electron chi connectivity index (χ0n) is 21.8. The van der Waals surface area contributed by atoms with E-state index in [1.54, 1.807) is 4.90 Å². The number of aromatic amines is 1. The molecule has 0 radical (unpaired) electrons. The number of carbonyl (C=O) groups is 3. The normalized spacial score (nSPS) is 15.5. The molecule has 0 bridgehead atoms. The number of hydrogen-bond donors (Lipinski definition) is 2. The SMILES string of the molecule is CCCCCN(C(=O)CCC(=O)OCC(=O)N1CCC[C@@H](C)C1)c1c(N)n(CCCC)c(=O)[nH]c1=O. The number of H-pyrrole nitrogens is 1. The molecule has 11 heteroatoms. The second kappa shape index (κ2) is 14.4. The summed E-state index contributed by atoms with van der Waals surface area (Å²) in [6, 6.07) is 0. The van der Waals surface area contributed by atoms with Crippen LogP contribution < -0.4 is 21.9 Å². The van der Waals surface area contributed by atoms with E-state index in [1.165, 1.54) is 9.47 Å². The van der Waals surface area contributed by atoms with Gasteiger partial charge in [-0.05, 0) is 31.6 Å². The quantitative estimate of drug-likeness (QED) is 0.306. The van der Waals surface area contributed by atoms with Crippen LogP contribution in [0.2, 0.25) is 0 Å². The molecule has 36 heavy (non-hydrogen) atoms. The van der Waals surface area contributed by atoms with Crippen molar-refractivity contribution in [2.45, 2.75) is 85.1 Å². The minimum Gasteiger partial charge on any atom is -0.456 e. The van der Waals surface area contributed by atoms with Crippen LogP contribution in [0, 0.1) is 5.92 Å². The van der Waals surface area contributed by atoms with Gasteiger partial charge in [0.15, 0.2) is 12.3 Å². The van der Waals surface area contributed by atoms with Crippen molar-refractivity contribution in [2.24, 2.45) is 5.92 Å². The van der Waals surface area contributed by atoms with E-state index in [9.17, 15) is 24.0 Å². The maximum atomic E-state index is 13.1. The third kappa shape index (κ3) is 8.23. The molecule has 0 spiro atoms. The van der Waals surface area contributed by atoms with Crippen molar-refractivity contribution < 1.29 is 19.1 Å². The Morgan fingerprint density at radius 3 is 2.50 bits per heavy atom. The minimum absolute atomic E-state index is 0.0639. The molecule has 1 fully saturated rings. The van der Waals surface area contributed by atoms with E-state index in [0.717, 1.165) is 32.1 Å². The zero-order chi connectivity index (χ0) is 26.7. The lowest BCUT2D eigenvalue weighted by molar-refractivity contribution is -0.153. The van der Waals surface area contributed by atoms with Crippen LogP contribution in [-0.2, 0) is 25.7 Å². The van der Waals surface area contributed by atoms with Gasteiger partial charge in [0.25, 0.3) is 11.5 Å². The number of likely N-dealkylation sites (tertiary alicyclic amines) is 1. The van der Waals surface area contributed by atoms with Gasteiger partial charge >= 0.3 is 11.7 Å². The Hall–Kier alpha value is -3.11. The van der Waals surface area contributed by atoms with E-state index < -0.39 is 23.1 Å². The number of nitrogen functional groups attached to an aromatic ring is 1. The Balaban J connectivity index is 2.07. The number of anilines is 2. The predicted molar refractivity (Wildman–Crippen MR) is 138 cm³/mol. The summed E-state index contributed by atoms with van der Waals surface area (Å²) in [7, 11) is 0. The average Bonchev–Trinajstić information content (AvgIpc) is 2.84. The number of nitrogens with two attached hydrogens (primary N) is 1. The van der Waals surface area contributed by atoms with Gasteiger partial charge in [0.1, 0.15) is 5.82 Å². The van der Waals surface area contributed by atoms with Crippen molar-refractivity contribution in [3.63, 3.8) is 0 Å². The van der Waals surface area contributed by atoms with Crippen LogP contribution >= 0.6 is 0 Å². The van der Waals surface area contributed by atoms with Gasteiger partial charge in [-0.25, -0.2) is 4.79 Å². The first-order valence-corrected chi connectivity index (χ1v) is 13.1. The van der Waals surface area contributed by atoms with Crippen LogP contribution in [0.1, 0.15) is 78.6 Å². The molecule has 11 nitrogen and oxygen atoms in total. The molecule has 0 aliphatic carbocycles. The van der Waals surface area contributed by atoms with Crippen molar-refractivity contribution in [2.75, 3.05) is 36.9 Å². The standard InChI is InChI=1S/C25H41N5O6/c1-4-6-8-15-29(22-23(26)30(14-7-5-2)25(35)27-24(22)34)19(31)11-12-21(33)36-17-20(32)28-13-9-10-18(3)16-28/h18H,4-17,26H2,1-3H3,(H,27,34,35)/t18-/m1/s1. The van der Waals surface area contributed by atoms with E-state index in [4.69, 9.17) is 10.5 Å². The highest BCUT2D eigenvalue weighted by Crippen LogP contribution is 2.20. The molecule has 2 rings (SSSR count). The van der Waals surface area contributed by atoms with Crippen molar-refractivity contribution in [3.8, 4) is 0 Å². The van der Waals surface area contributed by atoms with Gasteiger partial charge in [0.2, 0.25) is 5.91 Å². The van der Waals surface area contributed by atoms with Gasteiger partial charge in [0, 0.05) is 32.6 Å². The molecular weight excluding hydrogens is 466 g/mol. The number of nitrogens with zero attached hydrogens (tertiary/aromatic N) is 3. The molecule has 2 amide bonds. The number of hydrogen-bond acceptors (Lipinski definition) is 7. The van der Waals surface area contributed by atoms with Crippen LogP contribution in [0.5, 0.6) is 0 Å². The lowest BCUT2D eigenvalue weighted by Crippen LogP contribution is -2.42. The van der Waals surface area contributed by atoms with Crippen LogP contribution in [-0.4, -0.2) is 58.5 Å². The molecular formula is C25H41N5O6. The van der Waals surface area contributed by atoms with Crippen LogP contribution in [0.15, 0.2) is 9.59 Å². The number of nitrogens with one attached hydrogen (secondary N) is 1. The van der Waals surface area contributed by atoms with Crippen molar-refractivity contribution in [1.82, 2.24) is 14.5 Å². The summed E-state index contributed by atoms with van der Waals surface area (Å²) >= 11 is 0. The Kier molecular flexibility index (Phi) is 11.7. The summed E-state index contributed by atoms with van der Waals surface area (Å²) in [6.07, 6.45) is 5.41. The Morgan fingerprint density at radius 2 is 1.83 bits per heavy atom. The van der Waals surface area contributed by atoms with Crippen molar-refractivity contribution in [1.29, 1.82) is 0 Å². The summed E-state index contributed by atoms with van der Waals surface area (Å²) < 4.78 is 6.38. The molecule has 3 N–H and O–H groups in total. The van der Waals surface area contributed by atoms with Gasteiger partial charge in [-0.2, -0.15) is 0 Å². The maximum absolute atomic E-state index is 13.1. The molecule has 1 aliphatic rings. The first-order valence-electron chi connectivity index (χ1n) is 13.1. The van der Waals surface area contributed by atoms with E-state index >= 15 is 0 Å². The smallest absolute Gasteiger partial charge is 0.330 e. The fraction of sp³-hybridized carbons (Fsp3) is 0.720. The molecule has 1 atom stereocenters. The zero-order valence-corrected chi connectivity index (χ0v) is 21.8. The molecule has 1 aromatic rings. The number of piperidine rings is 1. The summed E-state index contributed by atoms with van der Waals surface area (Å²) in [5.74, 6) is -1.02. The molecule has 1 saturated heterocycles. The number of esters is 1. The topological polar surface area (TPSA) is 148 Å². The fourth-order valence-corrected chi connectivity index (χ4v) is 4.32. The highest BCUT2D eigenvalue weighted by molar-refractivity contribution is 5.97. The molecule has 1 aromatic heterocycles. The number of rotatable bonds is 13. The van der Waals surface area contributed by atoms with Gasteiger partial charge in [0.05, 0.1) is 6.42 Å². The van der Waals surface area contributed by atoms with Crippen LogP contribution in [0.4, 0.5) is 11.5 Å². The number of amides is 2. The summed E-state index contributed by atoms with van der Waals surface area (Å²) in [6.45, 7) is 7.56. The third-order valence-electron chi connectivity index (χ3n) is 6.41. The van der Waals surface area contributed by atoms with Gasteiger partial charge in [-0.15, -0.1) is 0 Å². The molecule has 0 unspecified atom stereocenters. The van der Waals surface area contributed by atoms with Gasteiger partial charge in [-0.1, -0.05) is 40.0 Å². The lowest BCUT2D eigenvalue weighted by Gasteiger charge is -2.30. The highest BCUT2D eigenvalue weighted by atomic mass is 16.5. The predicted octanol–water partition coefficient (Wildman–Crippen LogP) is 2.02. The van der Waals surface area contributed by atoms with E-state index in [-0.39, 0.29) is 43.4 Å². The van der Waals surface area contributed by atoms with E-state index in [2.05, 4.69) is 11.9 Å². The second-order valence-electron chi connectivity index (χ2n) is 9.50. The van der Waals surface area contributed by atoms with Crippen molar-refractivity contribution in [3.05, 3.63) is 20.8 Å². The monoisotopic (exact) mass is 507 g/mol. The Bertz CT molecular complexity index is 1020. The average molecular weight is 508 g/mol. The van der Waals surface area contributed by atoms with Crippen LogP contribution in [0.3, 0.4) is 0 Å². The highest BCUT2D eigenvalue weighted by Gasteiger charge is 2.25. The van der Waals surface area contributed by atoms with Gasteiger partial charge < -0.3 is 20.3 Å². The summed E-state index contributed by atoms with van der Waals surface area (Å²) in [5, 5.41) is 0. The van der Waals surface area contributed by atoms with Crippen LogP contribution in [0.25, 0.3) is 0 Å². The minimum atomic E-state index is -0.737. The maximum Gasteiger partial charge on any atom is 0.330 e. The summed E-state index contributed by atoms with van der Waals surface area (Å²) in [5.41, 5.74) is 4.77. The first-order chi connectivity index (χ1) is 17.2. The second-order valence-corrected chi connectivity index (χ2v) is 9.50. The Morgan fingerprint density at radius 1 is 1.11 bits per heavy atom. The number of aromatic nitrogens is 2. The number of unbranched alkanes of at least 4 members (excludes halogenated alkanes) is 3. The third-order valence-corrected chi connectivity index (χ3v) is 6.41. The van der Waals surface area contributed by atoms with E-state index in [1.807, 2.05) is 13.8 Å². The van der Waals surface area contributed by atoms with E-state index in [0.29, 0.717) is 38.4 Å². The number of ether oxygens (including phenoxy) is 1. The molecule has 2 heterocycles.